The van der Waals surface area contributed by atoms with E-state index in [2.05, 4.69) is 20.9 Å². The molecule has 1 amide bonds. The molecule has 28 heavy (non-hydrogen) atoms. The Balaban J connectivity index is 1.54. The average molecular weight is 431 g/mol. The first-order valence-electron chi connectivity index (χ1n) is 8.27. The molecular formula is C19H18N4O2S3. The van der Waals surface area contributed by atoms with Gasteiger partial charge in [0.25, 0.3) is 0 Å². The van der Waals surface area contributed by atoms with Gasteiger partial charge in [-0.05, 0) is 42.5 Å². The number of aromatic nitrogens is 1. The second-order valence-electron chi connectivity index (χ2n) is 5.48. The number of nitrogens with zero attached hydrogens (tertiary/aromatic N) is 1. The van der Waals surface area contributed by atoms with Gasteiger partial charge < -0.3 is 20.7 Å². The van der Waals surface area contributed by atoms with Crippen LogP contribution in [0.5, 0.6) is 5.75 Å². The molecule has 0 fully saturated rings. The van der Waals surface area contributed by atoms with Crippen LogP contribution in [0.1, 0.15) is 0 Å². The van der Waals surface area contributed by atoms with Crippen LogP contribution >= 0.6 is 35.3 Å². The van der Waals surface area contributed by atoms with Gasteiger partial charge in [0.1, 0.15) is 5.75 Å². The summed E-state index contributed by atoms with van der Waals surface area (Å²) < 4.78 is 5.31. The van der Waals surface area contributed by atoms with Crippen molar-refractivity contribution in [2.75, 3.05) is 28.8 Å². The number of thiazole rings is 1. The number of carbonyl (C=O) groups is 1. The third-order valence-electron chi connectivity index (χ3n) is 3.50. The van der Waals surface area contributed by atoms with Gasteiger partial charge in [-0.15, -0.1) is 23.1 Å². The van der Waals surface area contributed by atoms with Gasteiger partial charge in [0.2, 0.25) is 5.91 Å². The minimum atomic E-state index is -0.0910. The number of carbonyl (C=O) groups excluding carboxylic acids is 1. The van der Waals surface area contributed by atoms with Gasteiger partial charge in [-0.1, -0.05) is 18.2 Å². The molecule has 3 N–H and O–H groups in total. The Morgan fingerprint density at radius 2 is 2.04 bits per heavy atom. The van der Waals surface area contributed by atoms with Crippen molar-refractivity contribution in [3.8, 4) is 5.75 Å². The largest absolute Gasteiger partial charge is 0.495 e. The van der Waals surface area contributed by atoms with E-state index in [-0.39, 0.29) is 5.91 Å². The average Bonchev–Trinajstić information content (AvgIpc) is 3.20. The molecule has 2 aromatic carbocycles. The minimum Gasteiger partial charge on any atom is -0.495 e. The molecule has 0 spiro atoms. The summed E-state index contributed by atoms with van der Waals surface area (Å²) in [5.74, 6) is 0.918. The molecule has 1 aromatic heterocycles. The highest BCUT2D eigenvalue weighted by Crippen LogP contribution is 2.25. The van der Waals surface area contributed by atoms with Crippen LogP contribution in [-0.4, -0.2) is 28.9 Å². The summed E-state index contributed by atoms with van der Waals surface area (Å²) in [7, 11) is 1.61. The fourth-order valence-corrected chi connectivity index (χ4v) is 3.81. The van der Waals surface area contributed by atoms with Crippen LogP contribution in [0.3, 0.4) is 0 Å². The Bertz CT molecular complexity index is 948. The molecule has 0 atom stereocenters. The van der Waals surface area contributed by atoms with Crippen LogP contribution in [0.25, 0.3) is 0 Å². The number of thiocarbonyl (C=S) groups is 1. The number of hydrogen-bond donors (Lipinski definition) is 3. The van der Waals surface area contributed by atoms with Crippen molar-refractivity contribution in [2.24, 2.45) is 0 Å². The van der Waals surface area contributed by atoms with E-state index in [1.54, 1.807) is 13.3 Å². The Kier molecular flexibility index (Phi) is 7.24. The molecule has 3 aromatic rings. The van der Waals surface area contributed by atoms with Gasteiger partial charge in [-0.25, -0.2) is 4.98 Å². The molecule has 0 unspecified atom stereocenters. The number of ether oxygens (including phenoxy) is 1. The monoisotopic (exact) mass is 430 g/mol. The molecule has 1 heterocycles. The lowest BCUT2D eigenvalue weighted by atomic mass is 10.3. The molecule has 0 aliphatic carbocycles. The van der Waals surface area contributed by atoms with E-state index in [0.717, 1.165) is 16.3 Å². The highest BCUT2D eigenvalue weighted by molar-refractivity contribution is 8.00. The van der Waals surface area contributed by atoms with Crippen LogP contribution < -0.4 is 20.7 Å². The van der Waals surface area contributed by atoms with Crippen molar-refractivity contribution in [3.05, 3.63) is 60.1 Å². The summed E-state index contributed by atoms with van der Waals surface area (Å²) in [6.07, 6.45) is 1.66. The molecule has 6 nitrogen and oxygen atoms in total. The summed E-state index contributed by atoms with van der Waals surface area (Å²) in [5.41, 5.74) is 1.62. The Labute approximate surface area is 176 Å². The van der Waals surface area contributed by atoms with Crippen molar-refractivity contribution >= 4 is 62.8 Å². The number of methoxy groups -OCH3 is 1. The summed E-state index contributed by atoms with van der Waals surface area (Å²) in [6.45, 7) is 0. The fourth-order valence-electron chi connectivity index (χ4n) is 2.29. The fraction of sp³-hybridized carbons (Fsp3) is 0.105. The number of thioether (sulfide) groups is 1. The molecule has 0 saturated carbocycles. The summed E-state index contributed by atoms with van der Waals surface area (Å²) in [6, 6.07) is 15.3. The third-order valence-corrected chi connectivity index (χ3v) is 5.38. The Hall–Kier alpha value is -2.62. The van der Waals surface area contributed by atoms with Crippen LogP contribution in [0.15, 0.2) is 65.0 Å². The minimum absolute atomic E-state index is 0.0910. The molecule has 0 radical (unpaired) electrons. The van der Waals surface area contributed by atoms with Crippen LogP contribution in [0, 0.1) is 0 Å². The summed E-state index contributed by atoms with van der Waals surface area (Å²) in [4.78, 5) is 17.0. The Morgan fingerprint density at radius 1 is 1.18 bits per heavy atom. The SMILES string of the molecule is COc1ccccc1NC(=S)Nc1cccc(SCC(=O)Nc2nccs2)c1. The van der Waals surface area contributed by atoms with E-state index in [1.165, 1.54) is 23.1 Å². The summed E-state index contributed by atoms with van der Waals surface area (Å²) >= 11 is 8.22. The second-order valence-corrected chi connectivity index (χ2v) is 7.83. The van der Waals surface area contributed by atoms with Crippen molar-refractivity contribution in [3.63, 3.8) is 0 Å². The molecule has 0 saturated heterocycles. The van der Waals surface area contributed by atoms with Crippen LogP contribution in [0.2, 0.25) is 0 Å². The lowest BCUT2D eigenvalue weighted by molar-refractivity contribution is -0.113. The zero-order chi connectivity index (χ0) is 19.8. The van der Waals surface area contributed by atoms with Crippen molar-refractivity contribution < 1.29 is 9.53 Å². The van der Waals surface area contributed by atoms with Gasteiger partial charge in [0.15, 0.2) is 10.2 Å². The normalized spacial score (nSPS) is 10.2. The molecule has 9 heteroatoms. The van der Waals surface area contributed by atoms with E-state index in [1.807, 2.05) is 53.9 Å². The highest BCUT2D eigenvalue weighted by atomic mass is 32.2. The first kappa shape index (κ1) is 20.1. The topological polar surface area (TPSA) is 75.3 Å². The number of benzene rings is 2. The molecule has 144 valence electrons. The lowest BCUT2D eigenvalue weighted by Crippen LogP contribution is -2.19. The van der Waals surface area contributed by atoms with Crippen LogP contribution in [0.4, 0.5) is 16.5 Å². The van der Waals surface area contributed by atoms with Crippen molar-refractivity contribution in [1.29, 1.82) is 0 Å². The van der Waals surface area contributed by atoms with Crippen LogP contribution in [-0.2, 0) is 4.79 Å². The van der Waals surface area contributed by atoms with E-state index in [4.69, 9.17) is 17.0 Å². The quantitative estimate of drug-likeness (QED) is 0.371. The first-order valence-corrected chi connectivity index (χ1v) is 10.5. The van der Waals surface area contributed by atoms with E-state index in [0.29, 0.717) is 21.7 Å². The number of anilines is 3. The lowest BCUT2D eigenvalue weighted by Gasteiger charge is -2.13. The number of rotatable bonds is 7. The van der Waals surface area contributed by atoms with Crippen molar-refractivity contribution in [2.45, 2.75) is 4.90 Å². The number of para-hydroxylation sites is 2. The number of hydrogen-bond acceptors (Lipinski definition) is 6. The molecule has 0 bridgehead atoms. The molecule has 0 aliphatic heterocycles. The predicted octanol–water partition coefficient (Wildman–Crippen LogP) is 4.69. The van der Waals surface area contributed by atoms with E-state index < -0.39 is 0 Å². The zero-order valence-corrected chi connectivity index (χ0v) is 17.4. The Morgan fingerprint density at radius 3 is 2.82 bits per heavy atom. The second kappa shape index (κ2) is 10.1. The van der Waals surface area contributed by atoms with Gasteiger partial charge in [-0.2, -0.15) is 0 Å². The predicted molar refractivity (Wildman–Crippen MR) is 121 cm³/mol. The first-order chi connectivity index (χ1) is 13.6. The van der Waals surface area contributed by atoms with E-state index in [9.17, 15) is 4.79 Å². The zero-order valence-electron chi connectivity index (χ0n) is 15.0. The third kappa shape index (κ3) is 5.95. The highest BCUT2D eigenvalue weighted by Gasteiger charge is 2.07. The maximum atomic E-state index is 12.0. The summed E-state index contributed by atoms with van der Waals surface area (Å²) in [5, 5.41) is 11.9. The number of nitrogens with one attached hydrogen (secondary N) is 3. The number of amides is 1. The molecular weight excluding hydrogens is 412 g/mol. The molecule has 3 rings (SSSR count). The maximum Gasteiger partial charge on any atom is 0.236 e. The van der Waals surface area contributed by atoms with Gasteiger partial charge >= 0.3 is 0 Å². The molecule has 0 aliphatic rings. The smallest absolute Gasteiger partial charge is 0.236 e. The van der Waals surface area contributed by atoms with Gasteiger partial charge in [0.05, 0.1) is 18.6 Å². The van der Waals surface area contributed by atoms with Crippen molar-refractivity contribution in [1.82, 2.24) is 4.98 Å². The maximum absolute atomic E-state index is 12.0. The van der Waals surface area contributed by atoms with Gasteiger partial charge in [0, 0.05) is 22.2 Å². The van der Waals surface area contributed by atoms with E-state index >= 15 is 0 Å². The van der Waals surface area contributed by atoms with Gasteiger partial charge in [-0.3, -0.25) is 4.79 Å². The standard InChI is InChI=1S/C19H18N4O2S3/c1-25-16-8-3-2-7-15(16)22-18(26)21-13-5-4-6-14(11-13)28-12-17(24)23-19-20-9-10-27-19/h2-11H,12H2,1H3,(H,20,23,24)(H2,21,22,26).